The summed E-state index contributed by atoms with van der Waals surface area (Å²) >= 11 is 0. The van der Waals surface area contributed by atoms with Crippen molar-refractivity contribution >= 4 is 5.69 Å². The Bertz CT molecular complexity index is 798. The maximum absolute atomic E-state index is 5.91. The van der Waals surface area contributed by atoms with Crippen LogP contribution in [0.4, 0.5) is 5.69 Å². The molecule has 1 saturated heterocycles. The van der Waals surface area contributed by atoms with Gasteiger partial charge in [0.05, 0.1) is 19.3 Å². The zero-order chi connectivity index (χ0) is 16.4. The monoisotopic (exact) mass is 320 g/mol. The summed E-state index contributed by atoms with van der Waals surface area (Å²) in [6.07, 6.45) is 1.81. The Balaban J connectivity index is 1.53. The average molecular weight is 320 g/mol. The predicted molar refractivity (Wildman–Crippen MR) is 92.8 cm³/mol. The normalized spacial score (nSPS) is 17.4. The Hall–Kier alpha value is -2.66. The lowest BCUT2D eigenvalue weighted by atomic mass is 10.2. The highest BCUT2D eigenvalue weighted by Crippen LogP contribution is 2.31. The third kappa shape index (κ3) is 3.03. The molecule has 1 fully saturated rings. The number of hydrogen-bond donors (Lipinski definition) is 0. The third-order valence-corrected chi connectivity index (χ3v) is 4.25. The molecule has 24 heavy (non-hydrogen) atoms. The summed E-state index contributed by atoms with van der Waals surface area (Å²) < 4.78 is 7.77. The molecule has 0 unspecified atom stereocenters. The molecule has 2 heterocycles. The number of anilines is 1. The van der Waals surface area contributed by atoms with Crippen LogP contribution < -0.4 is 4.90 Å². The Kier molecular flexibility index (Phi) is 4.01. The Morgan fingerprint density at radius 3 is 2.67 bits per heavy atom. The highest BCUT2D eigenvalue weighted by molar-refractivity contribution is 5.49. The first-order valence-corrected chi connectivity index (χ1v) is 8.18. The van der Waals surface area contributed by atoms with Crippen molar-refractivity contribution in [1.82, 2.24) is 15.0 Å². The van der Waals surface area contributed by atoms with Crippen molar-refractivity contribution in [3.63, 3.8) is 0 Å². The Labute approximate surface area is 141 Å². The molecule has 2 aromatic carbocycles. The van der Waals surface area contributed by atoms with E-state index in [4.69, 9.17) is 4.74 Å². The summed E-state index contributed by atoms with van der Waals surface area (Å²) in [4.78, 5) is 2.23. The minimum Gasteiger partial charge on any atom is -0.350 e. The molecule has 0 radical (unpaired) electrons. The topological polar surface area (TPSA) is 43.2 Å². The van der Waals surface area contributed by atoms with E-state index < -0.39 is 0 Å². The van der Waals surface area contributed by atoms with Gasteiger partial charge in [0, 0.05) is 12.2 Å². The van der Waals surface area contributed by atoms with Gasteiger partial charge in [0.25, 0.3) is 0 Å². The molecule has 1 aliphatic rings. The summed E-state index contributed by atoms with van der Waals surface area (Å²) in [5.74, 6) is 0. The van der Waals surface area contributed by atoms with E-state index in [0.717, 1.165) is 17.9 Å². The molecule has 122 valence electrons. The van der Waals surface area contributed by atoms with Crippen molar-refractivity contribution in [1.29, 1.82) is 0 Å². The zero-order valence-electron chi connectivity index (χ0n) is 13.7. The summed E-state index contributed by atoms with van der Waals surface area (Å²) in [6.45, 7) is 4.37. The first-order chi connectivity index (χ1) is 11.8. The molecule has 3 aromatic rings. The molecule has 0 aliphatic carbocycles. The van der Waals surface area contributed by atoms with Crippen molar-refractivity contribution in [2.75, 3.05) is 18.1 Å². The molecular formula is C19H20N4O. The maximum atomic E-state index is 5.91. The van der Waals surface area contributed by atoms with E-state index >= 15 is 0 Å². The van der Waals surface area contributed by atoms with Gasteiger partial charge >= 0.3 is 0 Å². The largest absolute Gasteiger partial charge is 0.350 e. The number of nitrogens with zero attached hydrogens (tertiary/aromatic N) is 4. The SMILES string of the molecule is Cc1ccc(N2CCO[C@H]2c2cn(Cc3ccccc3)nn2)cc1. The lowest BCUT2D eigenvalue weighted by molar-refractivity contribution is 0.110. The van der Waals surface area contributed by atoms with Crippen molar-refractivity contribution < 1.29 is 4.74 Å². The van der Waals surface area contributed by atoms with E-state index in [0.29, 0.717) is 13.2 Å². The quantitative estimate of drug-likeness (QED) is 0.740. The van der Waals surface area contributed by atoms with Crippen LogP contribution in [0, 0.1) is 6.92 Å². The van der Waals surface area contributed by atoms with Gasteiger partial charge in [0.15, 0.2) is 6.23 Å². The van der Waals surface area contributed by atoms with E-state index in [1.54, 1.807) is 0 Å². The Morgan fingerprint density at radius 2 is 1.88 bits per heavy atom. The van der Waals surface area contributed by atoms with E-state index in [9.17, 15) is 0 Å². The van der Waals surface area contributed by atoms with Crippen molar-refractivity contribution in [2.45, 2.75) is 19.7 Å². The van der Waals surface area contributed by atoms with Gasteiger partial charge in [0.2, 0.25) is 0 Å². The highest BCUT2D eigenvalue weighted by Gasteiger charge is 2.29. The van der Waals surface area contributed by atoms with Gasteiger partial charge in [-0.25, -0.2) is 4.68 Å². The van der Waals surface area contributed by atoms with Crippen LogP contribution in [0.15, 0.2) is 60.8 Å². The molecule has 0 amide bonds. The van der Waals surface area contributed by atoms with Gasteiger partial charge in [0.1, 0.15) is 5.69 Å². The molecule has 0 N–H and O–H groups in total. The second kappa shape index (κ2) is 6.45. The van der Waals surface area contributed by atoms with Crippen molar-refractivity contribution in [2.24, 2.45) is 0 Å². The van der Waals surface area contributed by atoms with E-state index in [-0.39, 0.29) is 6.23 Å². The van der Waals surface area contributed by atoms with Crippen LogP contribution in [-0.4, -0.2) is 28.1 Å². The molecule has 1 aromatic heterocycles. The van der Waals surface area contributed by atoms with E-state index in [1.807, 2.05) is 29.1 Å². The first-order valence-electron chi connectivity index (χ1n) is 8.18. The molecule has 0 saturated carbocycles. The highest BCUT2D eigenvalue weighted by atomic mass is 16.5. The molecule has 5 heteroatoms. The average Bonchev–Trinajstić information content (AvgIpc) is 3.25. The van der Waals surface area contributed by atoms with Gasteiger partial charge in [-0.3, -0.25) is 0 Å². The van der Waals surface area contributed by atoms with Gasteiger partial charge in [-0.15, -0.1) is 5.10 Å². The van der Waals surface area contributed by atoms with Gasteiger partial charge in [-0.1, -0.05) is 53.2 Å². The smallest absolute Gasteiger partial charge is 0.177 e. The standard InChI is InChI=1S/C19H20N4O/c1-15-7-9-17(10-8-15)23-11-12-24-19(23)18-14-22(21-20-18)13-16-5-3-2-4-6-16/h2-10,14,19H,11-13H2,1H3/t19-/m0/s1. The van der Waals surface area contributed by atoms with Gasteiger partial charge in [-0.2, -0.15) is 0 Å². The lowest BCUT2D eigenvalue weighted by Crippen LogP contribution is -2.23. The summed E-state index contributed by atoms with van der Waals surface area (Å²) in [6, 6.07) is 18.8. The third-order valence-electron chi connectivity index (χ3n) is 4.25. The summed E-state index contributed by atoms with van der Waals surface area (Å²) in [7, 11) is 0. The van der Waals surface area contributed by atoms with Crippen LogP contribution >= 0.6 is 0 Å². The number of rotatable bonds is 4. The summed E-state index contributed by atoms with van der Waals surface area (Å²) in [5.41, 5.74) is 4.46. The van der Waals surface area contributed by atoms with E-state index in [2.05, 4.69) is 58.5 Å². The molecule has 5 nitrogen and oxygen atoms in total. The molecule has 1 atom stereocenters. The number of aryl methyl sites for hydroxylation is 1. The fraction of sp³-hybridized carbons (Fsp3) is 0.263. The molecular weight excluding hydrogens is 300 g/mol. The number of aromatic nitrogens is 3. The van der Waals surface area contributed by atoms with Crippen LogP contribution in [0.3, 0.4) is 0 Å². The fourth-order valence-corrected chi connectivity index (χ4v) is 2.99. The second-order valence-electron chi connectivity index (χ2n) is 6.08. The zero-order valence-corrected chi connectivity index (χ0v) is 13.7. The minimum absolute atomic E-state index is 0.169. The fourth-order valence-electron chi connectivity index (χ4n) is 2.99. The Morgan fingerprint density at radius 1 is 1.08 bits per heavy atom. The second-order valence-corrected chi connectivity index (χ2v) is 6.08. The van der Waals surface area contributed by atoms with Crippen LogP contribution in [0.25, 0.3) is 0 Å². The van der Waals surface area contributed by atoms with Crippen molar-refractivity contribution in [3.8, 4) is 0 Å². The predicted octanol–water partition coefficient (Wildman–Crippen LogP) is 3.17. The molecule has 0 bridgehead atoms. The van der Waals surface area contributed by atoms with E-state index in [1.165, 1.54) is 11.1 Å². The van der Waals surface area contributed by atoms with Gasteiger partial charge in [-0.05, 0) is 24.6 Å². The van der Waals surface area contributed by atoms with Crippen molar-refractivity contribution in [3.05, 3.63) is 77.6 Å². The van der Waals surface area contributed by atoms with Crippen LogP contribution in [0.1, 0.15) is 23.0 Å². The van der Waals surface area contributed by atoms with Crippen LogP contribution in [-0.2, 0) is 11.3 Å². The van der Waals surface area contributed by atoms with Crippen LogP contribution in [0.5, 0.6) is 0 Å². The minimum atomic E-state index is -0.169. The number of benzene rings is 2. The molecule has 4 rings (SSSR count). The number of hydrogen-bond acceptors (Lipinski definition) is 4. The lowest BCUT2D eigenvalue weighted by Gasteiger charge is -2.23. The molecule has 1 aliphatic heterocycles. The summed E-state index contributed by atoms with van der Waals surface area (Å²) in [5, 5.41) is 8.59. The first kappa shape index (κ1) is 14.9. The van der Waals surface area contributed by atoms with Gasteiger partial charge < -0.3 is 9.64 Å². The van der Waals surface area contributed by atoms with Crippen LogP contribution in [0.2, 0.25) is 0 Å². The number of ether oxygens (including phenoxy) is 1. The maximum Gasteiger partial charge on any atom is 0.177 e. The molecule has 0 spiro atoms.